The van der Waals surface area contributed by atoms with Gasteiger partial charge in [0.2, 0.25) is 0 Å². The fourth-order valence-electron chi connectivity index (χ4n) is 3.22. The van der Waals surface area contributed by atoms with Gasteiger partial charge in [-0.1, -0.05) is 19.1 Å². The Balaban J connectivity index is 1.97. The van der Waals surface area contributed by atoms with Crippen LogP contribution in [0.25, 0.3) is 0 Å². The summed E-state index contributed by atoms with van der Waals surface area (Å²) in [5.41, 5.74) is 1.33. The molecule has 1 saturated heterocycles. The van der Waals surface area contributed by atoms with Crippen molar-refractivity contribution in [3.05, 3.63) is 51.7 Å². The van der Waals surface area contributed by atoms with Gasteiger partial charge < -0.3 is 10.1 Å². The Hall–Kier alpha value is -1.36. The highest BCUT2D eigenvalue weighted by atomic mass is 32.1. The van der Waals surface area contributed by atoms with Crippen LogP contribution in [0.5, 0.6) is 5.75 Å². The molecule has 1 aliphatic rings. The van der Waals surface area contributed by atoms with E-state index in [2.05, 4.69) is 47.5 Å². The Morgan fingerprint density at radius 1 is 1.22 bits per heavy atom. The van der Waals surface area contributed by atoms with Crippen molar-refractivity contribution in [3.8, 4) is 5.75 Å². The van der Waals surface area contributed by atoms with Gasteiger partial charge >= 0.3 is 0 Å². The summed E-state index contributed by atoms with van der Waals surface area (Å²) in [7, 11) is 1.74. The molecule has 0 saturated carbocycles. The summed E-state index contributed by atoms with van der Waals surface area (Å²) in [6.07, 6.45) is 2.31. The molecular formula is C19H26N2OS. The first-order valence-corrected chi connectivity index (χ1v) is 9.30. The second kappa shape index (κ2) is 7.95. The van der Waals surface area contributed by atoms with Crippen molar-refractivity contribution in [1.29, 1.82) is 0 Å². The number of ether oxygens (including phenoxy) is 1. The quantitative estimate of drug-likeness (QED) is 0.904. The van der Waals surface area contributed by atoms with Crippen LogP contribution in [0.3, 0.4) is 0 Å². The molecule has 3 rings (SSSR count). The van der Waals surface area contributed by atoms with Crippen LogP contribution in [0.2, 0.25) is 0 Å². The van der Waals surface area contributed by atoms with Gasteiger partial charge in [0.1, 0.15) is 5.75 Å². The third-order valence-electron chi connectivity index (χ3n) is 4.45. The van der Waals surface area contributed by atoms with Crippen LogP contribution >= 0.6 is 11.3 Å². The highest BCUT2D eigenvalue weighted by Crippen LogP contribution is 2.35. The lowest BCUT2D eigenvalue weighted by Crippen LogP contribution is -2.32. The first-order valence-electron chi connectivity index (χ1n) is 8.49. The normalized spacial score (nSPS) is 17.7. The average molecular weight is 330 g/mol. The van der Waals surface area contributed by atoms with Crippen molar-refractivity contribution in [2.75, 3.05) is 33.3 Å². The van der Waals surface area contributed by atoms with E-state index in [4.69, 9.17) is 4.74 Å². The lowest BCUT2D eigenvalue weighted by molar-refractivity contribution is 0.243. The number of nitrogens with zero attached hydrogens (tertiary/aromatic N) is 1. The molecule has 1 aromatic carbocycles. The van der Waals surface area contributed by atoms with Crippen molar-refractivity contribution >= 4 is 11.3 Å². The number of hydrogen-bond donors (Lipinski definition) is 1. The van der Waals surface area contributed by atoms with Crippen molar-refractivity contribution < 1.29 is 4.74 Å². The Bertz CT molecular complexity index is 617. The zero-order valence-electron chi connectivity index (χ0n) is 14.0. The summed E-state index contributed by atoms with van der Waals surface area (Å²) in [6, 6.07) is 13.5. The van der Waals surface area contributed by atoms with Crippen molar-refractivity contribution in [2.45, 2.75) is 25.8 Å². The van der Waals surface area contributed by atoms with Crippen molar-refractivity contribution in [1.82, 2.24) is 10.2 Å². The minimum absolute atomic E-state index is 0.329. The molecule has 1 aromatic heterocycles. The Kier molecular flexibility index (Phi) is 5.70. The zero-order chi connectivity index (χ0) is 16.1. The van der Waals surface area contributed by atoms with Crippen molar-refractivity contribution in [3.63, 3.8) is 0 Å². The molecule has 2 heterocycles. The summed E-state index contributed by atoms with van der Waals surface area (Å²) < 4.78 is 5.45. The van der Waals surface area contributed by atoms with Gasteiger partial charge in [-0.25, -0.2) is 0 Å². The highest BCUT2D eigenvalue weighted by Gasteiger charge is 2.24. The molecule has 1 atom stereocenters. The summed E-state index contributed by atoms with van der Waals surface area (Å²) in [5, 5.41) is 3.51. The third kappa shape index (κ3) is 3.94. The molecule has 0 aliphatic carbocycles. The van der Waals surface area contributed by atoms with E-state index in [1.54, 1.807) is 7.11 Å². The number of rotatable bonds is 5. The fourth-order valence-corrected chi connectivity index (χ4v) is 4.34. The summed E-state index contributed by atoms with van der Waals surface area (Å²) in [4.78, 5) is 5.51. The summed E-state index contributed by atoms with van der Waals surface area (Å²) in [5.74, 6) is 0.938. The summed E-state index contributed by atoms with van der Waals surface area (Å²) >= 11 is 1.95. The van der Waals surface area contributed by atoms with E-state index in [9.17, 15) is 0 Å². The third-order valence-corrected chi connectivity index (χ3v) is 5.73. The zero-order valence-corrected chi connectivity index (χ0v) is 14.9. The average Bonchev–Trinajstić information content (AvgIpc) is 2.90. The van der Waals surface area contributed by atoms with E-state index >= 15 is 0 Å². The molecule has 2 aromatic rings. The molecular weight excluding hydrogens is 304 g/mol. The molecule has 124 valence electrons. The summed E-state index contributed by atoms with van der Waals surface area (Å²) in [6.45, 7) is 6.62. The number of benzene rings is 1. The van der Waals surface area contributed by atoms with E-state index < -0.39 is 0 Å². The molecule has 1 N–H and O–H groups in total. The van der Waals surface area contributed by atoms with Gasteiger partial charge in [-0.15, -0.1) is 11.3 Å². The molecule has 0 bridgehead atoms. The second-order valence-corrected chi connectivity index (χ2v) is 7.18. The van der Waals surface area contributed by atoms with Crippen LogP contribution in [-0.4, -0.2) is 38.2 Å². The van der Waals surface area contributed by atoms with Crippen LogP contribution < -0.4 is 10.1 Å². The van der Waals surface area contributed by atoms with E-state index in [-0.39, 0.29) is 0 Å². The Labute approximate surface area is 143 Å². The van der Waals surface area contributed by atoms with Gasteiger partial charge in [0.25, 0.3) is 0 Å². The first kappa shape index (κ1) is 16.5. The minimum atomic E-state index is 0.329. The standard InChI is InChI=1S/C19H26N2OS/c1-3-17-8-9-18(23-17)19(21-12-5-10-20-11-13-21)15-6-4-7-16(14-15)22-2/h4,6-9,14,19-20H,3,5,10-13H2,1-2H3. The second-order valence-electron chi connectivity index (χ2n) is 5.98. The Morgan fingerprint density at radius 3 is 2.91 bits per heavy atom. The maximum Gasteiger partial charge on any atom is 0.119 e. The van der Waals surface area contributed by atoms with Gasteiger partial charge in [0.05, 0.1) is 13.2 Å². The van der Waals surface area contributed by atoms with Gasteiger partial charge in [0, 0.05) is 29.4 Å². The fraction of sp³-hybridized carbons (Fsp3) is 0.474. The highest BCUT2D eigenvalue weighted by molar-refractivity contribution is 7.12. The minimum Gasteiger partial charge on any atom is -0.497 e. The predicted molar refractivity (Wildman–Crippen MR) is 97.6 cm³/mol. The topological polar surface area (TPSA) is 24.5 Å². The molecule has 3 nitrogen and oxygen atoms in total. The maximum atomic E-state index is 5.45. The largest absolute Gasteiger partial charge is 0.497 e. The molecule has 0 radical (unpaired) electrons. The monoisotopic (exact) mass is 330 g/mol. The smallest absolute Gasteiger partial charge is 0.119 e. The van der Waals surface area contributed by atoms with Gasteiger partial charge in [-0.3, -0.25) is 4.90 Å². The van der Waals surface area contributed by atoms with Crippen LogP contribution in [0.15, 0.2) is 36.4 Å². The Morgan fingerprint density at radius 2 is 2.13 bits per heavy atom. The van der Waals surface area contributed by atoms with E-state index in [0.29, 0.717) is 6.04 Å². The molecule has 0 amide bonds. The number of thiophene rings is 1. The number of aryl methyl sites for hydroxylation is 1. The molecule has 0 spiro atoms. The molecule has 23 heavy (non-hydrogen) atoms. The van der Waals surface area contributed by atoms with Gasteiger partial charge in [0.15, 0.2) is 0 Å². The molecule has 1 fully saturated rings. The number of methoxy groups -OCH3 is 1. The first-order chi connectivity index (χ1) is 11.3. The van der Waals surface area contributed by atoms with Crippen LogP contribution in [0.4, 0.5) is 0 Å². The lowest BCUT2D eigenvalue weighted by atomic mass is 10.0. The van der Waals surface area contributed by atoms with Gasteiger partial charge in [-0.05, 0) is 49.2 Å². The SMILES string of the molecule is CCc1ccc(C(c2cccc(OC)c2)N2CCCNCC2)s1. The van der Waals surface area contributed by atoms with E-state index in [1.807, 2.05) is 17.4 Å². The number of hydrogen-bond acceptors (Lipinski definition) is 4. The van der Waals surface area contributed by atoms with E-state index in [1.165, 1.54) is 21.7 Å². The van der Waals surface area contributed by atoms with Crippen LogP contribution in [-0.2, 0) is 6.42 Å². The lowest BCUT2D eigenvalue weighted by Gasteiger charge is -2.30. The molecule has 1 unspecified atom stereocenters. The van der Waals surface area contributed by atoms with Crippen molar-refractivity contribution in [2.24, 2.45) is 0 Å². The number of nitrogens with one attached hydrogen (secondary N) is 1. The van der Waals surface area contributed by atoms with Crippen LogP contribution in [0.1, 0.15) is 34.7 Å². The maximum absolute atomic E-state index is 5.45. The van der Waals surface area contributed by atoms with Gasteiger partial charge in [-0.2, -0.15) is 0 Å². The molecule has 1 aliphatic heterocycles. The van der Waals surface area contributed by atoms with Crippen LogP contribution in [0, 0.1) is 0 Å². The molecule has 4 heteroatoms. The van der Waals surface area contributed by atoms with E-state index in [0.717, 1.165) is 38.3 Å². The predicted octanol–water partition coefficient (Wildman–Crippen LogP) is 3.70.